The molecule has 19 heavy (non-hydrogen) atoms. The Morgan fingerprint density at radius 1 is 1.37 bits per heavy atom. The summed E-state index contributed by atoms with van der Waals surface area (Å²) in [5, 5.41) is 7.38. The summed E-state index contributed by atoms with van der Waals surface area (Å²) in [4.78, 5) is 11.6. The van der Waals surface area contributed by atoms with E-state index >= 15 is 0 Å². The molecule has 2 heterocycles. The third-order valence-electron chi connectivity index (χ3n) is 2.92. The molecular weight excluding hydrogens is 244 g/mol. The van der Waals surface area contributed by atoms with Crippen molar-refractivity contribution in [1.82, 2.24) is 14.3 Å². The topological polar surface area (TPSA) is 61.1 Å². The maximum absolute atomic E-state index is 11.6. The van der Waals surface area contributed by atoms with Crippen LogP contribution >= 0.6 is 0 Å². The number of rotatable bonds is 6. The summed E-state index contributed by atoms with van der Waals surface area (Å²) in [6.07, 6.45) is 3.56. The summed E-state index contributed by atoms with van der Waals surface area (Å²) >= 11 is 0. The third-order valence-corrected chi connectivity index (χ3v) is 2.92. The van der Waals surface area contributed by atoms with Crippen LogP contribution in [0.15, 0.2) is 35.4 Å². The smallest absolute Gasteiger partial charge is 0.250 e. The first-order chi connectivity index (χ1) is 9.20. The number of aryl methyl sites for hydroxylation is 1. The first-order valence-corrected chi connectivity index (χ1v) is 6.11. The molecule has 1 N–H and O–H groups in total. The van der Waals surface area contributed by atoms with Gasteiger partial charge in [-0.3, -0.25) is 9.48 Å². The van der Waals surface area contributed by atoms with E-state index in [-0.39, 0.29) is 5.56 Å². The summed E-state index contributed by atoms with van der Waals surface area (Å²) in [7, 11) is 3.52. The van der Waals surface area contributed by atoms with Gasteiger partial charge in [-0.2, -0.15) is 5.10 Å². The summed E-state index contributed by atoms with van der Waals surface area (Å²) in [6.45, 7) is 1.74. The molecule has 6 heteroatoms. The van der Waals surface area contributed by atoms with Crippen molar-refractivity contribution in [3.8, 4) is 0 Å². The first-order valence-electron chi connectivity index (χ1n) is 6.11. The van der Waals surface area contributed by atoms with Crippen molar-refractivity contribution in [2.24, 2.45) is 7.05 Å². The van der Waals surface area contributed by atoms with Crippen molar-refractivity contribution in [2.45, 2.75) is 13.1 Å². The predicted molar refractivity (Wildman–Crippen MR) is 73.1 cm³/mol. The second-order valence-corrected chi connectivity index (χ2v) is 4.24. The van der Waals surface area contributed by atoms with E-state index in [1.807, 2.05) is 17.8 Å². The van der Waals surface area contributed by atoms with E-state index < -0.39 is 0 Å². The highest BCUT2D eigenvalue weighted by molar-refractivity contribution is 5.40. The number of anilines is 1. The number of hydrogen-bond acceptors (Lipinski definition) is 4. The fourth-order valence-corrected chi connectivity index (χ4v) is 1.77. The summed E-state index contributed by atoms with van der Waals surface area (Å²) in [5.41, 5.74) is 1.95. The highest BCUT2D eigenvalue weighted by Crippen LogP contribution is 2.06. The molecule has 0 radical (unpaired) electrons. The van der Waals surface area contributed by atoms with E-state index in [9.17, 15) is 4.79 Å². The normalized spacial score (nSPS) is 10.6. The SMILES string of the molecule is COCCn1cc(NCc2ccnn2C)ccc1=O. The number of hydrogen-bond donors (Lipinski definition) is 1. The average Bonchev–Trinajstić information content (AvgIpc) is 2.82. The zero-order valence-electron chi connectivity index (χ0n) is 11.2. The van der Waals surface area contributed by atoms with Gasteiger partial charge in [0.2, 0.25) is 0 Å². The number of methoxy groups -OCH3 is 1. The molecule has 0 aromatic carbocycles. The lowest BCUT2D eigenvalue weighted by molar-refractivity contribution is 0.186. The number of pyridine rings is 1. The van der Waals surface area contributed by atoms with E-state index in [0.717, 1.165) is 11.4 Å². The Balaban J connectivity index is 2.04. The number of nitrogens with one attached hydrogen (secondary N) is 1. The Hall–Kier alpha value is -2.08. The molecule has 2 aromatic rings. The van der Waals surface area contributed by atoms with Crippen LogP contribution in [-0.2, 0) is 24.9 Å². The molecule has 0 unspecified atom stereocenters. The summed E-state index contributed by atoms with van der Waals surface area (Å²) in [5.74, 6) is 0. The highest BCUT2D eigenvalue weighted by atomic mass is 16.5. The Labute approximate surface area is 111 Å². The van der Waals surface area contributed by atoms with Gasteiger partial charge >= 0.3 is 0 Å². The van der Waals surface area contributed by atoms with Crippen LogP contribution < -0.4 is 10.9 Å². The van der Waals surface area contributed by atoms with Gasteiger partial charge in [-0.05, 0) is 12.1 Å². The fraction of sp³-hybridized carbons (Fsp3) is 0.385. The van der Waals surface area contributed by atoms with Crippen molar-refractivity contribution in [2.75, 3.05) is 19.0 Å². The average molecular weight is 262 g/mol. The van der Waals surface area contributed by atoms with Crippen molar-refractivity contribution in [1.29, 1.82) is 0 Å². The van der Waals surface area contributed by atoms with Gasteiger partial charge in [0.1, 0.15) is 0 Å². The molecule has 0 fully saturated rings. The van der Waals surface area contributed by atoms with Gasteiger partial charge < -0.3 is 14.6 Å². The highest BCUT2D eigenvalue weighted by Gasteiger charge is 2.01. The first kappa shape index (κ1) is 13.4. The van der Waals surface area contributed by atoms with Crippen LogP contribution in [0.3, 0.4) is 0 Å². The predicted octanol–water partition coefficient (Wildman–Crippen LogP) is 0.840. The minimum atomic E-state index is -0.0249. The van der Waals surface area contributed by atoms with Crippen LogP contribution in [0.5, 0.6) is 0 Å². The minimum absolute atomic E-state index is 0.0249. The fourth-order valence-electron chi connectivity index (χ4n) is 1.77. The van der Waals surface area contributed by atoms with E-state index in [1.54, 1.807) is 36.2 Å². The zero-order chi connectivity index (χ0) is 13.7. The van der Waals surface area contributed by atoms with E-state index in [4.69, 9.17) is 4.74 Å². The van der Waals surface area contributed by atoms with E-state index in [1.165, 1.54) is 0 Å². The molecular formula is C13H18N4O2. The molecule has 0 spiro atoms. The number of nitrogens with zero attached hydrogens (tertiary/aromatic N) is 3. The number of ether oxygens (including phenoxy) is 1. The van der Waals surface area contributed by atoms with E-state index in [2.05, 4.69) is 10.4 Å². The van der Waals surface area contributed by atoms with Gasteiger partial charge in [-0.1, -0.05) is 0 Å². The molecule has 0 amide bonds. The van der Waals surface area contributed by atoms with Crippen LogP contribution in [0.25, 0.3) is 0 Å². The Morgan fingerprint density at radius 2 is 2.21 bits per heavy atom. The molecule has 0 atom stereocenters. The quantitative estimate of drug-likeness (QED) is 0.838. The second kappa shape index (κ2) is 6.19. The molecule has 2 aromatic heterocycles. The molecule has 0 aliphatic carbocycles. The molecule has 0 aliphatic rings. The van der Waals surface area contributed by atoms with Crippen LogP contribution in [-0.4, -0.2) is 28.1 Å². The maximum Gasteiger partial charge on any atom is 0.250 e. The van der Waals surface area contributed by atoms with Crippen molar-refractivity contribution in [3.63, 3.8) is 0 Å². The van der Waals surface area contributed by atoms with Gasteiger partial charge in [0.25, 0.3) is 5.56 Å². The van der Waals surface area contributed by atoms with Gasteiger partial charge in [0.05, 0.1) is 24.5 Å². The zero-order valence-corrected chi connectivity index (χ0v) is 11.2. The van der Waals surface area contributed by atoms with Gasteiger partial charge in [-0.15, -0.1) is 0 Å². The summed E-state index contributed by atoms with van der Waals surface area (Å²) in [6, 6.07) is 5.29. The van der Waals surface area contributed by atoms with Crippen LogP contribution in [0.1, 0.15) is 5.69 Å². The molecule has 0 aliphatic heterocycles. The largest absolute Gasteiger partial charge is 0.383 e. The van der Waals surface area contributed by atoms with Gasteiger partial charge in [-0.25, -0.2) is 0 Å². The maximum atomic E-state index is 11.6. The summed E-state index contributed by atoms with van der Waals surface area (Å²) < 4.78 is 8.43. The second-order valence-electron chi connectivity index (χ2n) is 4.24. The number of aromatic nitrogens is 3. The molecule has 2 rings (SSSR count). The lowest BCUT2D eigenvalue weighted by Gasteiger charge is -2.10. The lowest BCUT2D eigenvalue weighted by Crippen LogP contribution is -2.21. The van der Waals surface area contributed by atoms with Crippen LogP contribution in [0.2, 0.25) is 0 Å². The van der Waals surface area contributed by atoms with Crippen molar-refractivity contribution < 1.29 is 4.74 Å². The van der Waals surface area contributed by atoms with Crippen LogP contribution in [0.4, 0.5) is 5.69 Å². The monoisotopic (exact) mass is 262 g/mol. The molecule has 6 nitrogen and oxygen atoms in total. The Bertz CT molecular complexity index is 588. The Morgan fingerprint density at radius 3 is 2.89 bits per heavy atom. The third kappa shape index (κ3) is 3.45. The van der Waals surface area contributed by atoms with Crippen LogP contribution in [0, 0.1) is 0 Å². The van der Waals surface area contributed by atoms with Crippen molar-refractivity contribution in [3.05, 3.63) is 46.6 Å². The molecule has 0 saturated heterocycles. The molecule has 102 valence electrons. The lowest BCUT2D eigenvalue weighted by atomic mass is 10.3. The van der Waals surface area contributed by atoms with Crippen molar-refractivity contribution >= 4 is 5.69 Å². The Kier molecular flexibility index (Phi) is 4.35. The van der Waals surface area contributed by atoms with Gasteiger partial charge in [0, 0.05) is 39.2 Å². The van der Waals surface area contributed by atoms with Gasteiger partial charge in [0.15, 0.2) is 0 Å². The van der Waals surface area contributed by atoms with E-state index in [0.29, 0.717) is 19.7 Å². The molecule has 0 bridgehead atoms. The molecule has 0 saturated carbocycles. The minimum Gasteiger partial charge on any atom is -0.383 e. The standard InChI is InChI=1S/C13H18N4O2/c1-16-12(5-6-15-16)9-14-11-3-4-13(18)17(10-11)7-8-19-2/h3-6,10,14H,7-9H2,1-2H3.